The Morgan fingerprint density at radius 3 is 2.73 bits per heavy atom. The number of nitrogen functional groups attached to an aromatic ring is 1. The molecule has 1 aromatic heterocycles. The number of alkyl halides is 2. The van der Waals surface area contributed by atoms with E-state index in [4.69, 9.17) is 5.73 Å². The fraction of sp³-hybridized carbons (Fsp3) is 0.167. The molecular formula is C6H6F2N2O. The molecular weight excluding hydrogens is 154 g/mol. The van der Waals surface area contributed by atoms with Gasteiger partial charge in [0.1, 0.15) is 5.82 Å². The van der Waals surface area contributed by atoms with Gasteiger partial charge in [0.15, 0.2) is 0 Å². The first-order valence-electron chi connectivity index (χ1n) is 2.86. The van der Waals surface area contributed by atoms with Crippen molar-refractivity contribution in [1.82, 2.24) is 4.98 Å². The second-order valence-corrected chi connectivity index (χ2v) is 1.78. The molecule has 5 heteroatoms. The van der Waals surface area contributed by atoms with Crippen molar-refractivity contribution < 1.29 is 13.5 Å². The number of halogens is 2. The molecule has 60 valence electrons. The van der Waals surface area contributed by atoms with Crippen molar-refractivity contribution in [3.8, 4) is 5.88 Å². The number of anilines is 1. The van der Waals surface area contributed by atoms with Gasteiger partial charge in [-0.15, -0.1) is 0 Å². The molecule has 0 aliphatic heterocycles. The van der Waals surface area contributed by atoms with Crippen molar-refractivity contribution in [3.63, 3.8) is 0 Å². The largest absolute Gasteiger partial charge is 0.417 e. The van der Waals surface area contributed by atoms with E-state index in [0.29, 0.717) is 0 Å². The van der Waals surface area contributed by atoms with Gasteiger partial charge in [-0.25, -0.2) is 0 Å². The Hall–Kier alpha value is -1.39. The zero-order valence-corrected chi connectivity index (χ0v) is 5.50. The van der Waals surface area contributed by atoms with E-state index in [-0.39, 0.29) is 11.7 Å². The van der Waals surface area contributed by atoms with Gasteiger partial charge in [0.05, 0.1) is 0 Å². The molecule has 3 nitrogen and oxygen atoms in total. The van der Waals surface area contributed by atoms with Crippen LogP contribution in [0.25, 0.3) is 0 Å². The van der Waals surface area contributed by atoms with E-state index >= 15 is 0 Å². The summed E-state index contributed by atoms with van der Waals surface area (Å²) in [7, 11) is 0. The van der Waals surface area contributed by atoms with Crippen LogP contribution < -0.4 is 10.5 Å². The number of nitrogens with two attached hydrogens (primary N) is 1. The number of aromatic nitrogens is 1. The first-order valence-corrected chi connectivity index (χ1v) is 2.86. The summed E-state index contributed by atoms with van der Waals surface area (Å²) in [4.78, 5) is 3.49. The standard InChI is InChI=1S/C6H6F2N2O/c7-6(8)11-5-3-1-2-4(9)10-5/h1-3,6H,(H2,9,10). The first kappa shape index (κ1) is 7.71. The minimum absolute atomic E-state index is 0.156. The second kappa shape index (κ2) is 3.14. The molecule has 0 spiro atoms. The van der Waals surface area contributed by atoms with Crippen LogP contribution in [0.15, 0.2) is 18.2 Å². The van der Waals surface area contributed by atoms with Crippen LogP contribution in [0.3, 0.4) is 0 Å². The molecule has 0 radical (unpaired) electrons. The van der Waals surface area contributed by atoms with Gasteiger partial charge in [-0.1, -0.05) is 6.07 Å². The summed E-state index contributed by atoms with van der Waals surface area (Å²) in [6.07, 6.45) is 0. The van der Waals surface area contributed by atoms with Crippen molar-refractivity contribution in [3.05, 3.63) is 18.2 Å². The summed E-state index contributed by atoms with van der Waals surface area (Å²) >= 11 is 0. The maximum absolute atomic E-state index is 11.5. The monoisotopic (exact) mass is 160 g/mol. The summed E-state index contributed by atoms with van der Waals surface area (Å²) in [5.41, 5.74) is 5.20. The van der Waals surface area contributed by atoms with E-state index < -0.39 is 6.61 Å². The Morgan fingerprint density at radius 2 is 2.18 bits per heavy atom. The maximum atomic E-state index is 11.5. The first-order chi connectivity index (χ1) is 5.18. The van der Waals surface area contributed by atoms with E-state index in [9.17, 15) is 8.78 Å². The molecule has 0 saturated carbocycles. The van der Waals surface area contributed by atoms with Crippen LogP contribution in [-0.4, -0.2) is 11.6 Å². The summed E-state index contributed by atoms with van der Waals surface area (Å²) < 4.78 is 27.1. The minimum Gasteiger partial charge on any atom is -0.417 e. The molecule has 0 amide bonds. The summed E-state index contributed by atoms with van der Waals surface area (Å²) in [6, 6.07) is 4.28. The molecule has 0 bridgehead atoms. The average molecular weight is 160 g/mol. The number of hydrogen-bond donors (Lipinski definition) is 1. The molecule has 0 fully saturated rings. The molecule has 1 rings (SSSR count). The zero-order chi connectivity index (χ0) is 8.27. The maximum Gasteiger partial charge on any atom is 0.388 e. The number of rotatable bonds is 2. The van der Waals surface area contributed by atoms with Gasteiger partial charge in [-0.05, 0) is 6.07 Å². The lowest BCUT2D eigenvalue weighted by atomic mass is 10.4. The topological polar surface area (TPSA) is 48.1 Å². The minimum atomic E-state index is -2.86. The van der Waals surface area contributed by atoms with Crippen LogP contribution in [0.1, 0.15) is 0 Å². The number of pyridine rings is 1. The van der Waals surface area contributed by atoms with E-state index in [1.807, 2.05) is 0 Å². The quantitative estimate of drug-likeness (QED) is 0.708. The number of nitrogens with zero attached hydrogens (tertiary/aromatic N) is 1. The summed E-state index contributed by atoms with van der Waals surface area (Å²) in [5, 5.41) is 0. The number of hydrogen-bond acceptors (Lipinski definition) is 3. The van der Waals surface area contributed by atoms with Gasteiger partial charge in [-0.2, -0.15) is 13.8 Å². The Kier molecular flexibility index (Phi) is 2.20. The van der Waals surface area contributed by atoms with Gasteiger partial charge in [0, 0.05) is 6.07 Å². The molecule has 1 aromatic rings. The second-order valence-electron chi connectivity index (χ2n) is 1.78. The molecule has 0 aromatic carbocycles. The smallest absolute Gasteiger partial charge is 0.388 e. The van der Waals surface area contributed by atoms with E-state index in [2.05, 4.69) is 9.72 Å². The van der Waals surface area contributed by atoms with Gasteiger partial charge < -0.3 is 10.5 Å². The van der Waals surface area contributed by atoms with Crippen LogP contribution in [0.4, 0.5) is 14.6 Å². The third kappa shape index (κ3) is 2.37. The van der Waals surface area contributed by atoms with E-state index in [1.165, 1.54) is 18.2 Å². The molecule has 2 N–H and O–H groups in total. The molecule has 1 heterocycles. The summed E-state index contributed by atoms with van der Waals surface area (Å²) in [5.74, 6) is -0.0110. The molecule has 0 aliphatic carbocycles. The zero-order valence-electron chi connectivity index (χ0n) is 5.50. The van der Waals surface area contributed by atoms with Crippen LogP contribution in [0.5, 0.6) is 5.88 Å². The highest BCUT2D eigenvalue weighted by Crippen LogP contribution is 2.11. The Balaban J connectivity index is 2.71. The average Bonchev–Trinajstić information content (AvgIpc) is 1.85. The van der Waals surface area contributed by atoms with Crippen molar-refractivity contribution in [2.45, 2.75) is 6.61 Å². The van der Waals surface area contributed by atoms with Gasteiger partial charge >= 0.3 is 6.61 Å². The lowest BCUT2D eigenvalue weighted by Gasteiger charge is -2.02. The van der Waals surface area contributed by atoms with Crippen LogP contribution in [0.2, 0.25) is 0 Å². The van der Waals surface area contributed by atoms with Gasteiger partial charge in [0.2, 0.25) is 5.88 Å². The predicted molar refractivity (Wildman–Crippen MR) is 35.3 cm³/mol. The third-order valence-electron chi connectivity index (χ3n) is 0.955. The third-order valence-corrected chi connectivity index (χ3v) is 0.955. The highest BCUT2D eigenvalue weighted by Gasteiger charge is 2.04. The fourth-order valence-corrected chi connectivity index (χ4v) is 0.588. The Bertz CT molecular complexity index is 242. The van der Waals surface area contributed by atoms with Gasteiger partial charge in [-0.3, -0.25) is 0 Å². The fourth-order valence-electron chi connectivity index (χ4n) is 0.588. The van der Waals surface area contributed by atoms with Gasteiger partial charge in [0.25, 0.3) is 0 Å². The van der Waals surface area contributed by atoms with Crippen molar-refractivity contribution >= 4 is 5.82 Å². The Morgan fingerprint density at radius 1 is 1.45 bits per heavy atom. The predicted octanol–water partition coefficient (Wildman–Crippen LogP) is 1.27. The highest BCUT2D eigenvalue weighted by molar-refractivity contribution is 5.30. The number of ether oxygens (including phenoxy) is 1. The lowest BCUT2D eigenvalue weighted by molar-refractivity contribution is -0.0527. The summed E-state index contributed by atoms with van der Waals surface area (Å²) in [6.45, 7) is -2.86. The Labute approximate surface area is 61.8 Å². The van der Waals surface area contributed by atoms with E-state index in [1.54, 1.807) is 0 Å². The van der Waals surface area contributed by atoms with Crippen LogP contribution in [-0.2, 0) is 0 Å². The SMILES string of the molecule is Nc1cccc(OC(F)F)n1. The van der Waals surface area contributed by atoms with Crippen LogP contribution >= 0.6 is 0 Å². The normalized spacial score (nSPS) is 10.1. The highest BCUT2D eigenvalue weighted by atomic mass is 19.3. The lowest BCUT2D eigenvalue weighted by Crippen LogP contribution is -2.04. The van der Waals surface area contributed by atoms with Crippen LogP contribution in [0, 0.1) is 0 Å². The van der Waals surface area contributed by atoms with Crippen molar-refractivity contribution in [2.75, 3.05) is 5.73 Å². The van der Waals surface area contributed by atoms with E-state index in [0.717, 1.165) is 0 Å². The molecule has 11 heavy (non-hydrogen) atoms. The van der Waals surface area contributed by atoms with Crippen molar-refractivity contribution in [1.29, 1.82) is 0 Å². The molecule has 0 saturated heterocycles. The van der Waals surface area contributed by atoms with Crippen molar-refractivity contribution in [2.24, 2.45) is 0 Å². The molecule has 0 atom stereocenters. The molecule has 0 unspecified atom stereocenters. The molecule has 0 aliphatic rings.